The van der Waals surface area contributed by atoms with Crippen LogP contribution < -0.4 is 0 Å². The van der Waals surface area contributed by atoms with Crippen molar-refractivity contribution in [1.82, 2.24) is 0 Å². The minimum atomic E-state index is 1.12. The SMILES string of the molecule is C=CCSCCCCCCCCCCCCCCCCC. The van der Waals surface area contributed by atoms with E-state index in [0.717, 1.165) is 5.75 Å². The fraction of sp³-hybridized carbons (Fsp3) is 0.900. The molecular weight excluding hydrogens is 272 g/mol. The summed E-state index contributed by atoms with van der Waals surface area (Å²) in [6, 6.07) is 0. The largest absolute Gasteiger partial charge is 0.158 e. The summed E-state index contributed by atoms with van der Waals surface area (Å²) >= 11 is 2.02. The van der Waals surface area contributed by atoms with E-state index in [9.17, 15) is 0 Å². The number of hydrogen-bond donors (Lipinski definition) is 0. The smallest absolute Gasteiger partial charge is 0.0110 e. The standard InChI is InChI=1S/C20H40S/c1-3-5-6-7-8-9-10-11-12-13-14-15-16-17-18-20-21-19-4-2/h4H,2-3,5-20H2,1H3. The van der Waals surface area contributed by atoms with Crippen molar-refractivity contribution in [3.63, 3.8) is 0 Å². The second kappa shape index (κ2) is 20.1. The van der Waals surface area contributed by atoms with Gasteiger partial charge in [0.25, 0.3) is 0 Å². The van der Waals surface area contributed by atoms with Gasteiger partial charge in [-0.3, -0.25) is 0 Å². The maximum absolute atomic E-state index is 3.75. The lowest BCUT2D eigenvalue weighted by Crippen LogP contribution is -1.85. The molecule has 126 valence electrons. The summed E-state index contributed by atoms with van der Waals surface area (Å²) in [7, 11) is 0. The molecule has 0 aliphatic rings. The first-order chi connectivity index (χ1) is 10.4. The van der Waals surface area contributed by atoms with E-state index in [1.165, 1.54) is 102 Å². The highest BCUT2D eigenvalue weighted by Gasteiger charge is 1.94. The van der Waals surface area contributed by atoms with Crippen LogP contribution in [0.1, 0.15) is 103 Å². The Morgan fingerprint density at radius 1 is 0.619 bits per heavy atom. The molecule has 0 saturated heterocycles. The first-order valence-electron chi connectivity index (χ1n) is 9.60. The molecule has 0 bridgehead atoms. The van der Waals surface area contributed by atoms with Crippen molar-refractivity contribution in [2.75, 3.05) is 11.5 Å². The molecule has 0 N–H and O–H groups in total. The average Bonchev–Trinajstić information content (AvgIpc) is 2.50. The summed E-state index contributed by atoms with van der Waals surface area (Å²) in [4.78, 5) is 0. The minimum Gasteiger partial charge on any atom is -0.158 e. The first kappa shape index (κ1) is 21.1. The highest BCUT2D eigenvalue weighted by molar-refractivity contribution is 7.99. The Morgan fingerprint density at radius 3 is 1.38 bits per heavy atom. The molecule has 0 fully saturated rings. The average molecular weight is 313 g/mol. The van der Waals surface area contributed by atoms with Gasteiger partial charge in [0, 0.05) is 5.75 Å². The van der Waals surface area contributed by atoms with Crippen LogP contribution in [-0.4, -0.2) is 11.5 Å². The van der Waals surface area contributed by atoms with Gasteiger partial charge in [0.2, 0.25) is 0 Å². The van der Waals surface area contributed by atoms with Crippen LogP contribution in [0, 0.1) is 0 Å². The lowest BCUT2D eigenvalue weighted by Gasteiger charge is -2.03. The van der Waals surface area contributed by atoms with Gasteiger partial charge in [-0.1, -0.05) is 103 Å². The van der Waals surface area contributed by atoms with Crippen molar-refractivity contribution in [3.05, 3.63) is 12.7 Å². The summed E-state index contributed by atoms with van der Waals surface area (Å²) in [6.45, 7) is 6.04. The van der Waals surface area contributed by atoms with Crippen molar-refractivity contribution < 1.29 is 0 Å². The lowest BCUT2D eigenvalue weighted by molar-refractivity contribution is 0.535. The maximum atomic E-state index is 3.75. The topological polar surface area (TPSA) is 0 Å². The summed E-state index contributed by atoms with van der Waals surface area (Å²) in [5.41, 5.74) is 0. The third-order valence-electron chi connectivity index (χ3n) is 4.13. The Hall–Kier alpha value is 0.0900. The fourth-order valence-corrected chi connectivity index (χ4v) is 3.48. The highest BCUT2D eigenvalue weighted by atomic mass is 32.2. The normalized spacial score (nSPS) is 10.9. The Bertz CT molecular complexity index is 188. The third-order valence-corrected chi connectivity index (χ3v) is 5.18. The number of hydrogen-bond acceptors (Lipinski definition) is 1. The van der Waals surface area contributed by atoms with Gasteiger partial charge in [-0.15, -0.1) is 6.58 Å². The lowest BCUT2D eigenvalue weighted by atomic mass is 10.0. The van der Waals surface area contributed by atoms with Gasteiger partial charge < -0.3 is 0 Å². The minimum absolute atomic E-state index is 1.12. The zero-order chi connectivity index (χ0) is 15.4. The van der Waals surface area contributed by atoms with Crippen LogP contribution in [0.2, 0.25) is 0 Å². The molecular formula is C20H40S. The van der Waals surface area contributed by atoms with Crippen LogP contribution in [0.4, 0.5) is 0 Å². The molecule has 0 aliphatic carbocycles. The van der Waals surface area contributed by atoms with Crippen molar-refractivity contribution >= 4 is 11.8 Å². The Balaban J connectivity index is 2.91. The van der Waals surface area contributed by atoms with E-state index >= 15 is 0 Å². The predicted octanol–water partition coefficient (Wildman–Crippen LogP) is 7.78. The summed E-state index contributed by atoms with van der Waals surface area (Å²) in [5.74, 6) is 2.45. The van der Waals surface area contributed by atoms with Gasteiger partial charge in [0.15, 0.2) is 0 Å². The number of unbranched alkanes of at least 4 members (excludes halogenated alkanes) is 14. The number of thioether (sulfide) groups is 1. The molecule has 0 saturated carbocycles. The van der Waals surface area contributed by atoms with Crippen molar-refractivity contribution in [1.29, 1.82) is 0 Å². The van der Waals surface area contributed by atoms with Gasteiger partial charge >= 0.3 is 0 Å². The third kappa shape index (κ3) is 20.1. The molecule has 0 aliphatic heterocycles. The van der Waals surface area contributed by atoms with Crippen LogP contribution in [0.15, 0.2) is 12.7 Å². The van der Waals surface area contributed by atoms with Gasteiger partial charge in [0.1, 0.15) is 0 Å². The highest BCUT2D eigenvalue weighted by Crippen LogP contribution is 2.14. The molecule has 0 rings (SSSR count). The molecule has 0 heterocycles. The molecule has 0 atom stereocenters. The second-order valence-corrected chi connectivity index (χ2v) is 7.46. The van der Waals surface area contributed by atoms with Crippen LogP contribution in [-0.2, 0) is 0 Å². The van der Waals surface area contributed by atoms with Crippen LogP contribution >= 0.6 is 11.8 Å². The first-order valence-corrected chi connectivity index (χ1v) is 10.8. The zero-order valence-electron chi connectivity index (χ0n) is 14.7. The second-order valence-electron chi connectivity index (χ2n) is 6.31. The molecule has 0 aromatic carbocycles. The van der Waals surface area contributed by atoms with Crippen molar-refractivity contribution in [2.24, 2.45) is 0 Å². The van der Waals surface area contributed by atoms with E-state index in [0.29, 0.717) is 0 Å². The molecule has 0 amide bonds. The predicted molar refractivity (Wildman–Crippen MR) is 102 cm³/mol. The molecule has 1 heteroatoms. The van der Waals surface area contributed by atoms with Crippen LogP contribution in [0.3, 0.4) is 0 Å². The van der Waals surface area contributed by atoms with E-state index in [1.54, 1.807) is 0 Å². The molecule has 0 radical (unpaired) electrons. The van der Waals surface area contributed by atoms with Crippen molar-refractivity contribution in [2.45, 2.75) is 103 Å². The van der Waals surface area contributed by atoms with Crippen LogP contribution in [0.25, 0.3) is 0 Å². The molecule has 0 unspecified atom stereocenters. The number of rotatable bonds is 18. The van der Waals surface area contributed by atoms with E-state index in [2.05, 4.69) is 13.5 Å². The van der Waals surface area contributed by atoms with E-state index < -0.39 is 0 Å². The monoisotopic (exact) mass is 312 g/mol. The molecule has 0 aromatic rings. The van der Waals surface area contributed by atoms with E-state index in [1.807, 2.05) is 17.8 Å². The Kier molecular flexibility index (Phi) is 20.2. The van der Waals surface area contributed by atoms with E-state index in [-0.39, 0.29) is 0 Å². The molecule has 0 spiro atoms. The summed E-state index contributed by atoms with van der Waals surface area (Å²) < 4.78 is 0. The Morgan fingerprint density at radius 2 is 1.00 bits per heavy atom. The van der Waals surface area contributed by atoms with Gasteiger partial charge in [-0.05, 0) is 12.2 Å². The fourth-order valence-electron chi connectivity index (χ4n) is 2.74. The van der Waals surface area contributed by atoms with E-state index in [4.69, 9.17) is 0 Å². The quantitative estimate of drug-likeness (QED) is 0.184. The van der Waals surface area contributed by atoms with Crippen molar-refractivity contribution in [3.8, 4) is 0 Å². The maximum Gasteiger partial charge on any atom is 0.0110 e. The van der Waals surface area contributed by atoms with Gasteiger partial charge in [-0.25, -0.2) is 0 Å². The van der Waals surface area contributed by atoms with Crippen LogP contribution in [0.5, 0.6) is 0 Å². The molecule has 0 aromatic heterocycles. The van der Waals surface area contributed by atoms with Gasteiger partial charge in [-0.2, -0.15) is 11.8 Å². The Labute approximate surface area is 139 Å². The zero-order valence-corrected chi connectivity index (χ0v) is 15.5. The molecule has 21 heavy (non-hydrogen) atoms. The summed E-state index contributed by atoms with van der Waals surface area (Å²) in [5, 5.41) is 0. The van der Waals surface area contributed by atoms with Gasteiger partial charge in [0.05, 0.1) is 0 Å². The summed E-state index contributed by atoms with van der Waals surface area (Å²) in [6.07, 6.45) is 23.8. The molecule has 0 nitrogen and oxygen atoms in total.